The third-order valence-corrected chi connectivity index (χ3v) is 5.20. The maximum absolute atomic E-state index is 13.0. The first-order valence-electron chi connectivity index (χ1n) is 10.5. The van der Waals surface area contributed by atoms with Crippen molar-refractivity contribution in [1.82, 2.24) is 10.2 Å². The SMILES string of the molecule is CCCC(=O)NC1CCCN(C(=O)c2ccc(OCc3ccccc3)c(OC)c2)C1. The largest absolute Gasteiger partial charge is 0.493 e. The molecule has 1 N–H and O–H groups in total. The van der Waals surface area contributed by atoms with Crippen molar-refractivity contribution in [3.63, 3.8) is 0 Å². The molecule has 0 bridgehead atoms. The summed E-state index contributed by atoms with van der Waals surface area (Å²) in [5.41, 5.74) is 1.61. The molecule has 0 aromatic heterocycles. The van der Waals surface area contributed by atoms with Crippen LogP contribution in [0.2, 0.25) is 0 Å². The molecular weight excluding hydrogens is 380 g/mol. The minimum Gasteiger partial charge on any atom is -0.493 e. The van der Waals surface area contributed by atoms with Gasteiger partial charge in [-0.1, -0.05) is 37.3 Å². The Labute approximate surface area is 178 Å². The molecule has 1 aliphatic heterocycles. The maximum atomic E-state index is 13.0. The van der Waals surface area contributed by atoms with E-state index in [0.717, 1.165) is 24.8 Å². The molecule has 2 aromatic carbocycles. The van der Waals surface area contributed by atoms with Crippen LogP contribution in [0, 0.1) is 0 Å². The smallest absolute Gasteiger partial charge is 0.254 e. The van der Waals surface area contributed by atoms with Crippen LogP contribution in [0.1, 0.15) is 48.5 Å². The van der Waals surface area contributed by atoms with E-state index in [1.807, 2.05) is 37.3 Å². The Morgan fingerprint density at radius 1 is 1.13 bits per heavy atom. The van der Waals surface area contributed by atoms with Gasteiger partial charge in [-0.2, -0.15) is 0 Å². The molecule has 2 amide bonds. The van der Waals surface area contributed by atoms with Crippen LogP contribution in [-0.4, -0.2) is 43.0 Å². The highest BCUT2D eigenvalue weighted by Crippen LogP contribution is 2.29. The monoisotopic (exact) mass is 410 g/mol. The summed E-state index contributed by atoms with van der Waals surface area (Å²) in [6.45, 7) is 3.63. The highest BCUT2D eigenvalue weighted by molar-refractivity contribution is 5.95. The zero-order valence-corrected chi connectivity index (χ0v) is 17.7. The number of benzene rings is 2. The molecule has 1 aliphatic rings. The summed E-state index contributed by atoms with van der Waals surface area (Å²) in [7, 11) is 1.57. The fraction of sp³-hybridized carbons (Fsp3) is 0.417. The molecule has 6 heteroatoms. The number of methoxy groups -OCH3 is 1. The minimum absolute atomic E-state index is 0.0112. The summed E-state index contributed by atoms with van der Waals surface area (Å²) >= 11 is 0. The van der Waals surface area contributed by atoms with E-state index < -0.39 is 0 Å². The second-order valence-corrected chi connectivity index (χ2v) is 7.55. The van der Waals surface area contributed by atoms with Crippen LogP contribution in [-0.2, 0) is 11.4 Å². The van der Waals surface area contributed by atoms with Gasteiger partial charge >= 0.3 is 0 Å². The summed E-state index contributed by atoms with van der Waals surface area (Å²) in [4.78, 5) is 26.7. The average molecular weight is 411 g/mol. The lowest BCUT2D eigenvalue weighted by Crippen LogP contribution is -2.49. The first-order chi connectivity index (χ1) is 14.6. The van der Waals surface area contributed by atoms with Gasteiger partial charge in [-0.05, 0) is 43.0 Å². The number of likely N-dealkylation sites (tertiary alicyclic amines) is 1. The van der Waals surface area contributed by atoms with Crippen molar-refractivity contribution >= 4 is 11.8 Å². The molecule has 1 unspecified atom stereocenters. The highest BCUT2D eigenvalue weighted by Gasteiger charge is 2.26. The van der Waals surface area contributed by atoms with Crippen LogP contribution < -0.4 is 14.8 Å². The molecule has 160 valence electrons. The van der Waals surface area contributed by atoms with Crippen molar-refractivity contribution in [2.75, 3.05) is 20.2 Å². The number of carbonyl (C=O) groups excluding carboxylic acids is 2. The predicted octanol–water partition coefficient (Wildman–Crippen LogP) is 3.80. The molecule has 1 heterocycles. The van der Waals surface area contributed by atoms with E-state index in [9.17, 15) is 9.59 Å². The van der Waals surface area contributed by atoms with Crippen molar-refractivity contribution < 1.29 is 19.1 Å². The average Bonchev–Trinajstić information content (AvgIpc) is 2.78. The van der Waals surface area contributed by atoms with Crippen molar-refractivity contribution in [1.29, 1.82) is 0 Å². The Hall–Kier alpha value is -3.02. The Balaban J connectivity index is 1.64. The van der Waals surface area contributed by atoms with E-state index in [2.05, 4.69) is 5.32 Å². The van der Waals surface area contributed by atoms with Gasteiger partial charge in [-0.25, -0.2) is 0 Å². The highest BCUT2D eigenvalue weighted by atomic mass is 16.5. The number of nitrogens with zero attached hydrogens (tertiary/aromatic N) is 1. The standard InChI is InChI=1S/C24H30N2O4/c1-3-8-23(27)25-20-11-7-14-26(16-20)24(28)19-12-13-21(22(15-19)29-2)30-17-18-9-5-4-6-10-18/h4-6,9-10,12-13,15,20H,3,7-8,11,14,16-17H2,1-2H3,(H,25,27). The molecule has 0 saturated carbocycles. The molecule has 1 saturated heterocycles. The van der Waals surface area contributed by atoms with Crippen molar-refractivity contribution in [2.24, 2.45) is 0 Å². The molecule has 0 radical (unpaired) electrons. The minimum atomic E-state index is -0.0580. The van der Waals surface area contributed by atoms with Gasteiger partial charge in [0.2, 0.25) is 5.91 Å². The summed E-state index contributed by atoms with van der Waals surface area (Å²) < 4.78 is 11.3. The number of ether oxygens (including phenoxy) is 2. The summed E-state index contributed by atoms with van der Waals surface area (Å²) in [5.74, 6) is 1.12. The fourth-order valence-corrected chi connectivity index (χ4v) is 3.64. The fourth-order valence-electron chi connectivity index (χ4n) is 3.64. The third-order valence-electron chi connectivity index (χ3n) is 5.20. The predicted molar refractivity (Wildman–Crippen MR) is 116 cm³/mol. The second-order valence-electron chi connectivity index (χ2n) is 7.55. The lowest BCUT2D eigenvalue weighted by atomic mass is 10.0. The lowest BCUT2D eigenvalue weighted by Gasteiger charge is -2.33. The van der Waals surface area contributed by atoms with Crippen LogP contribution in [0.15, 0.2) is 48.5 Å². The molecule has 6 nitrogen and oxygen atoms in total. The van der Waals surface area contributed by atoms with Gasteiger partial charge < -0.3 is 19.7 Å². The van der Waals surface area contributed by atoms with Crippen molar-refractivity contribution in [2.45, 2.75) is 45.3 Å². The third kappa shape index (κ3) is 5.75. The van der Waals surface area contributed by atoms with Gasteiger partial charge in [0.1, 0.15) is 6.61 Å². The van der Waals surface area contributed by atoms with Gasteiger partial charge in [0.15, 0.2) is 11.5 Å². The van der Waals surface area contributed by atoms with E-state index in [0.29, 0.717) is 43.2 Å². The molecule has 3 rings (SSSR count). The molecule has 1 atom stereocenters. The molecule has 1 fully saturated rings. The Bertz CT molecular complexity index is 854. The van der Waals surface area contributed by atoms with Gasteiger partial charge in [-0.15, -0.1) is 0 Å². The molecular formula is C24H30N2O4. The summed E-state index contributed by atoms with van der Waals surface area (Å²) in [6.07, 6.45) is 3.11. The number of hydrogen-bond donors (Lipinski definition) is 1. The zero-order chi connectivity index (χ0) is 21.3. The Morgan fingerprint density at radius 3 is 2.67 bits per heavy atom. The normalized spacial score (nSPS) is 16.1. The first-order valence-corrected chi connectivity index (χ1v) is 10.5. The van der Waals surface area contributed by atoms with Crippen molar-refractivity contribution in [3.05, 3.63) is 59.7 Å². The lowest BCUT2D eigenvalue weighted by molar-refractivity contribution is -0.122. The van der Waals surface area contributed by atoms with E-state index in [-0.39, 0.29) is 17.9 Å². The maximum Gasteiger partial charge on any atom is 0.254 e. The van der Waals surface area contributed by atoms with E-state index in [1.165, 1.54) is 0 Å². The molecule has 2 aromatic rings. The number of piperidine rings is 1. The number of amides is 2. The summed E-state index contributed by atoms with van der Waals surface area (Å²) in [5, 5.41) is 3.04. The second kappa shape index (κ2) is 10.7. The number of nitrogens with one attached hydrogen (secondary N) is 1. The van der Waals surface area contributed by atoms with Gasteiger partial charge in [-0.3, -0.25) is 9.59 Å². The number of carbonyl (C=O) groups is 2. The van der Waals surface area contributed by atoms with Crippen LogP contribution in [0.25, 0.3) is 0 Å². The Morgan fingerprint density at radius 2 is 1.93 bits per heavy atom. The molecule has 0 aliphatic carbocycles. The van der Waals surface area contributed by atoms with E-state index >= 15 is 0 Å². The van der Waals surface area contributed by atoms with Gasteiger partial charge in [0.05, 0.1) is 7.11 Å². The molecule has 0 spiro atoms. The number of hydrogen-bond acceptors (Lipinski definition) is 4. The van der Waals surface area contributed by atoms with E-state index in [4.69, 9.17) is 9.47 Å². The van der Waals surface area contributed by atoms with E-state index in [1.54, 1.807) is 30.2 Å². The molecule has 30 heavy (non-hydrogen) atoms. The van der Waals surface area contributed by atoms with Crippen LogP contribution in [0.3, 0.4) is 0 Å². The van der Waals surface area contributed by atoms with Crippen LogP contribution in [0.4, 0.5) is 0 Å². The first kappa shape index (κ1) is 21.7. The van der Waals surface area contributed by atoms with Crippen LogP contribution in [0.5, 0.6) is 11.5 Å². The van der Waals surface area contributed by atoms with Gasteiger partial charge in [0, 0.05) is 31.1 Å². The number of rotatable bonds is 8. The topological polar surface area (TPSA) is 67.9 Å². The van der Waals surface area contributed by atoms with Gasteiger partial charge in [0.25, 0.3) is 5.91 Å². The summed E-state index contributed by atoms with van der Waals surface area (Å²) in [6, 6.07) is 15.2. The quantitative estimate of drug-likeness (QED) is 0.719. The Kier molecular flexibility index (Phi) is 7.71. The van der Waals surface area contributed by atoms with Crippen molar-refractivity contribution in [3.8, 4) is 11.5 Å². The zero-order valence-electron chi connectivity index (χ0n) is 17.7. The van der Waals surface area contributed by atoms with Crippen LogP contribution >= 0.6 is 0 Å².